The van der Waals surface area contributed by atoms with Crippen molar-refractivity contribution in [1.29, 1.82) is 0 Å². The molecule has 0 saturated heterocycles. The number of carbonyl (C=O) groups is 1. The standard InChI is InChI=1S/C14H20O3/c1-4-17-14(15)10-11(2)9-12-5-7-13(16-3)8-6-12/h5-8,11H,4,9-10H2,1-3H3. The zero-order chi connectivity index (χ0) is 12.7. The Morgan fingerprint density at radius 1 is 1.29 bits per heavy atom. The minimum Gasteiger partial charge on any atom is -0.497 e. The van der Waals surface area contributed by atoms with Crippen LogP contribution in [0.15, 0.2) is 24.3 Å². The molecule has 1 aromatic rings. The van der Waals surface area contributed by atoms with Crippen molar-refractivity contribution < 1.29 is 14.3 Å². The summed E-state index contributed by atoms with van der Waals surface area (Å²) in [6.07, 6.45) is 1.35. The van der Waals surface area contributed by atoms with Crippen LogP contribution < -0.4 is 4.74 Å². The maximum atomic E-state index is 11.3. The molecule has 0 aliphatic heterocycles. The van der Waals surface area contributed by atoms with E-state index in [1.807, 2.05) is 31.2 Å². The predicted molar refractivity (Wildman–Crippen MR) is 67.1 cm³/mol. The highest BCUT2D eigenvalue weighted by Crippen LogP contribution is 2.16. The Bertz CT molecular complexity index is 343. The molecule has 0 amide bonds. The normalized spacial score (nSPS) is 11.9. The number of hydrogen-bond acceptors (Lipinski definition) is 3. The lowest BCUT2D eigenvalue weighted by Crippen LogP contribution is -2.11. The Hall–Kier alpha value is -1.51. The van der Waals surface area contributed by atoms with Crippen LogP contribution in [0, 0.1) is 5.92 Å². The van der Waals surface area contributed by atoms with Gasteiger partial charge in [0.25, 0.3) is 0 Å². The van der Waals surface area contributed by atoms with Crippen LogP contribution in [-0.4, -0.2) is 19.7 Å². The summed E-state index contributed by atoms with van der Waals surface area (Å²) in [5.74, 6) is 1.03. The number of methoxy groups -OCH3 is 1. The van der Waals surface area contributed by atoms with Gasteiger partial charge in [0.05, 0.1) is 13.7 Å². The first-order valence-corrected chi connectivity index (χ1v) is 5.94. The van der Waals surface area contributed by atoms with Gasteiger partial charge in [0.2, 0.25) is 0 Å². The van der Waals surface area contributed by atoms with Crippen LogP contribution in [0.3, 0.4) is 0 Å². The van der Waals surface area contributed by atoms with Crippen LogP contribution in [0.4, 0.5) is 0 Å². The maximum Gasteiger partial charge on any atom is 0.306 e. The number of esters is 1. The van der Waals surface area contributed by atoms with Gasteiger partial charge in [-0.3, -0.25) is 4.79 Å². The first-order valence-electron chi connectivity index (χ1n) is 5.94. The average molecular weight is 236 g/mol. The first kappa shape index (κ1) is 13.6. The van der Waals surface area contributed by atoms with Crippen LogP contribution in [-0.2, 0) is 16.0 Å². The Labute approximate surface area is 103 Å². The summed E-state index contributed by atoms with van der Waals surface area (Å²) in [6.45, 7) is 4.33. The number of ether oxygens (including phenoxy) is 2. The van der Waals surface area contributed by atoms with Crippen molar-refractivity contribution in [3.8, 4) is 5.75 Å². The summed E-state index contributed by atoms with van der Waals surface area (Å²) in [5.41, 5.74) is 1.21. The third-order valence-electron chi connectivity index (χ3n) is 2.56. The molecule has 3 nitrogen and oxygen atoms in total. The number of rotatable bonds is 6. The molecular formula is C14H20O3. The molecule has 1 rings (SSSR count). The van der Waals surface area contributed by atoms with E-state index in [1.54, 1.807) is 7.11 Å². The van der Waals surface area contributed by atoms with Gasteiger partial charge in [-0.2, -0.15) is 0 Å². The zero-order valence-corrected chi connectivity index (χ0v) is 10.7. The number of benzene rings is 1. The second-order valence-electron chi connectivity index (χ2n) is 4.17. The molecule has 0 bridgehead atoms. The van der Waals surface area contributed by atoms with E-state index in [0.717, 1.165) is 12.2 Å². The summed E-state index contributed by atoms with van der Waals surface area (Å²) < 4.78 is 10.0. The lowest BCUT2D eigenvalue weighted by molar-refractivity contribution is -0.144. The van der Waals surface area contributed by atoms with E-state index in [2.05, 4.69) is 6.92 Å². The van der Waals surface area contributed by atoms with E-state index >= 15 is 0 Å². The SMILES string of the molecule is CCOC(=O)CC(C)Cc1ccc(OC)cc1. The predicted octanol–water partition coefficient (Wildman–Crippen LogP) is 2.83. The van der Waals surface area contributed by atoms with E-state index in [9.17, 15) is 4.79 Å². The van der Waals surface area contributed by atoms with Crippen molar-refractivity contribution in [3.05, 3.63) is 29.8 Å². The molecule has 0 heterocycles. The molecule has 0 saturated carbocycles. The molecule has 3 heteroatoms. The summed E-state index contributed by atoms with van der Waals surface area (Å²) in [6, 6.07) is 7.93. The Kier molecular flexibility index (Phi) is 5.53. The third-order valence-corrected chi connectivity index (χ3v) is 2.56. The van der Waals surface area contributed by atoms with Gasteiger partial charge < -0.3 is 9.47 Å². The molecule has 0 aromatic heterocycles. The number of hydrogen-bond donors (Lipinski definition) is 0. The van der Waals surface area contributed by atoms with Crippen molar-refractivity contribution in [2.75, 3.05) is 13.7 Å². The second kappa shape index (κ2) is 6.94. The smallest absolute Gasteiger partial charge is 0.306 e. The lowest BCUT2D eigenvalue weighted by atomic mass is 9.98. The highest BCUT2D eigenvalue weighted by atomic mass is 16.5. The maximum absolute atomic E-state index is 11.3. The second-order valence-corrected chi connectivity index (χ2v) is 4.17. The van der Waals surface area contributed by atoms with Gasteiger partial charge in [-0.1, -0.05) is 19.1 Å². The van der Waals surface area contributed by atoms with Gasteiger partial charge >= 0.3 is 5.97 Å². The van der Waals surface area contributed by atoms with Crippen LogP contribution in [0.5, 0.6) is 5.75 Å². The van der Waals surface area contributed by atoms with Crippen LogP contribution in [0.1, 0.15) is 25.8 Å². The van der Waals surface area contributed by atoms with Crippen molar-refractivity contribution in [1.82, 2.24) is 0 Å². The van der Waals surface area contributed by atoms with E-state index in [1.165, 1.54) is 5.56 Å². The molecule has 1 atom stereocenters. The Morgan fingerprint density at radius 2 is 1.94 bits per heavy atom. The van der Waals surface area contributed by atoms with Crippen molar-refractivity contribution >= 4 is 5.97 Å². The van der Waals surface area contributed by atoms with Gasteiger partial charge in [-0.05, 0) is 37.0 Å². The van der Waals surface area contributed by atoms with Gasteiger partial charge in [0.15, 0.2) is 0 Å². The third kappa shape index (κ3) is 4.89. The largest absolute Gasteiger partial charge is 0.497 e. The molecular weight excluding hydrogens is 216 g/mol. The molecule has 17 heavy (non-hydrogen) atoms. The molecule has 0 fully saturated rings. The van der Waals surface area contributed by atoms with E-state index in [-0.39, 0.29) is 5.97 Å². The summed E-state index contributed by atoms with van der Waals surface area (Å²) in [4.78, 5) is 11.3. The molecule has 0 N–H and O–H groups in total. The van der Waals surface area contributed by atoms with E-state index in [4.69, 9.17) is 9.47 Å². The fourth-order valence-corrected chi connectivity index (χ4v) is 1.74. The molecule has 94 valence electrons. The quantitative estimate of drug-likeness (QED) is 0.712. The van der Waals surface area contributed by atoms with Crippen molar-refractivity contribution in [2.24, 2.45) is 5.92 Å². The monoisotopic (exact) mass is 236 g/mol. The first-order chi connectivity index (χ1) is 8.15. The van der Waals surface area contributed by atoms with E-state index in [0.29, 0.717) is 18.9 Å². The van der Waals surface area contributed by atoms with Crippen LogP contribution in [0.25, 0.3) is 0 Å². The zero-order valence-electron chi connectivity index (χ0n) is 10.7. The molecule has 1 unspecified atom stereocenters. The summed E-state index contributed by atoms with van der Waals surface area (Å²) >= 11 is 0. The lowest BCUT2D eigenvalue weighted by Gasteiger charge is -2.11. The topological polar surface area (TPSA) is 35.5 Å². The minimum absolute atomic E-state index is 0.117. The fraction of sp³-hybridized carbons (Fsp3) is 0.500. The van der Waals surface area contributed by atoms with Crippen molar-refractivity contribution in [2.45, 2.75) is 26.7 Å². The Balaban J connectivity index is 2.44. The molecule has 0 aliphatic rings. The average Bonchev–Trinajstić information content (AvgIpc) is 2.30. The molecule has 0 spiro atoms. The Morgan fingerprint density at radius 3 is 2.47 bits per heavy atom. The van der Waals surface area contributed by atoms with Crippen LogP contribution in [0.2, 0.25) is 0 Å². The molecule has 0 radical (unpaired) electrons. The van der Waals surface area contributed by atoms with Gasteiger partial charge in [0.1, 0.15) is 5.75 Å². The van der Waals surface area contributed by atoms with Gasteiger partial charge in [0, 0.05) is 6.42 Å². The van der Waals surface area contributed by atoms with Gasteiger partial charge in [-0.25, -0.2) is 0 Å². The minimum atomic E-state index is -0.117. The fourth-order valence-electron chi connectivity index (χ4n) is 1.74. The highest BCUT2D eigenvalue weighted by Gasteiger charge is 2.10. The summed E-state index contributed by atoms with van der Waals surface area (Å²) in [5, 5.41) is 0. The van der Waals surface area contributed by atoms with E-state index < -0.39 is 0 Å². The van der Waals surface area contributed by atoms with Crippen LogP contribution >= 0.6 is 0 Å². The molecule has 0 aliphatic carbocycles. The molecule has 1 aromatic carbocycles. The number of carbonyl (C=O) groups excluding carboxylic acids is 1. The van der Waals surface area contributed by atoms with Crippen molar-refractivity contribution in [3.63, 3.8) is 0 Å². The summed E-state index contributed by atoms with van der Waals surface area (Å²) in [7, 11) is 1.65. The highest BCUT2D eigenvalue weighted by molar-refractivity contribution is 5.69. The van der Waals surface area contributed by atoms with Gasteiger partial charge in [-0.15, -0.1) is 0 Å².